The largest absolute Gasteiger partial charge is 0.328 e. The molecule has 0 radical (unpaired) electrons. The molecular formula is C9H6BrClN2O2S. The summed E-state index contributed by atoms with van der Waals surface area (Å²) >= 11 is 10.5. The van der Waals surface area contributed by atoms with Crippen LogP contribution in [0.15, 0.2) is 31.7 Å². The summed E-state index contributed by atoms with van der Waals surface area (Å²) in [7, 11) is 0. The molecule has 2 heterocycles. The zero-order valence-electron chi connectivity index (χ0n) is 7.87. The smallest absolute Gasteiger partial charge is 0.294 e. The van der Waals surface area contributed by atoms with Gasteiger partial charge in [-0.3, -0.25) is 14.3 Å². The Morgan fingerprint density at radius 1 is 1.44 bits per heavy atom. The van der Waals surface area contributed by atoms with Crippen molar-refractivity contribution in [1.29, 1.82) is 0 Å². The Morgan fingerprint density at radius 3 is 2.81 bits per heavy atom. The number of thiophene rings is 1. The van der Waals surface area contributed by atoms with Crippen molar-refractivity contribution in [1.82, 2.24) is 9.55 Å². The predicted octanol–water partition coefficient (Wildman–Crippen LogP) is 2.06. The summed E-state index contributed by atoms with van der Waals surface area (Å²) in [5.41, 5.74) is -1.02. The SMILES string of the molecule is O=c1[nH]c(=O)n(Cc2ccc(Br)s2)cc1Cl. The monoisotopic (exact) mass is 320 g/mol. The Bertz CT molecular complexity index is 631. The molecule has 84 valence electrons. The van der Waals surface area contributed by atoms with E-state index in [1.807, 2.05) is 12.1 Å². The molecule has 0 aliphatic carbocycles. The van der Waals surface area contributed by atoms with E-state index in [-0.39, 0.29) is 5.02 Å². The van der Waals surface area contributed by atoms with E-state index in [2.05, 4.69) is 20.9 Å². The Balaban J connectivity index is 2.39. The summed E-state index contributed by atoms with van der Waals surface area (Å²) in [5.74, 6) is 0. The molecule has 2 rings (SSSR count). The molecule has 0 unspecified atom stereocenters. The van der Waals surface area contributed by atoms with Gasteiger partial charge in [-0.05, 0) is 28.1 Å². The fourth-order valence-electron chi connectivity index (χ4n) is 1.20. The maximum atomic E-state index is 11.4. The Morgan fingerprint density at radius 2 is 2.19 bits per heavy atom. The summed E-state index contributed by atoms with van der Waals surface area (Å²) in [4.78, 5) is 25.6. The molecule has 0 atom stereocenters. The number of aromatic nitrogens is 2. The predicted molar refractivity (Wildman–Crippen MR) is 67.5 cm³/mol. The van der Waals surface area contributed by atoms with Crippen LogP contribution in [0, 0.1) is 0 Å². The Hall–Kier alpha value is -0.850. The van der Waals surface area contributed by atoms with Crippen molar-refractivity contribution in [2.45, 2.75) is 6.54 Å². The minimum absolute atomic E-state index is 0.00946. The highest BCUT2D eigenvalue weighted by Crippen LogP contribution is 2.22. The normalized spacial score (nSPS) is 10.6. The quantitative estimate of drug-likeness (QED) is 0.920. The van der Waals surface area contributed by atoms with Gasteiger partial charge < -0.3 is 0 Å². The van der Waals surface area contributed by atoms with Crippen LogP contribution in [0.2, 0.25) is 5.02 Å². The lowest BCUT2D eigenvalue weighted by Gasteiger charge is -2.02. The molecule has 0 bridgehead atoms. The van der Waals surface area contributed by atoms with Crippen molar-refractivity contribution in [2.24, 2.45) is 0 Å². The highest BCUT2D eigenvalue weighted by molar-refractivity contribution is 9.11. The molecule has 16 heavy (non-hydrogen) atoms. The first-order chi connectivity index (χ1) is 7.56. The number of hydrogen-bond donors (Lipinski definition) is 1. The summed E-state index contributed by atoms with van der Waals surface area (Å²) in [6, 6.07) is 3.80. The van der Waals surface area contributed by atoms with Crippen molar-refractivity contribution in [3.8, 4) is 0 Å². The van der Waals surface area contributed by atoms with Crippen LogP contribution in [0.1, 0.15) is 4.88 Å². The van der Waals surface area contributed by atoms with Gasteiger partial charge >= 0.3 is 5.69 Å². The van der Waals surface area contributed by atoms with Gasteiger partial charge in [0.15, 0.2) is 0 Å². The topological polar surface area (TPSA) is 54.9 Å². The summed E-state index contributed by atoms with van der Waals surface area (Å²) < 4.78 is 2.35. The molecule has 0 aliphatic rings. The number of rotatable bonds is 2. The van der Waals surface area contributed by atoms with Gasteiger partial charge in [-0.1, -0.05) is 11.6 Å². The zero-order chi connectivity index (χ0) is 11.7. The van der Waals surface area contributed by atoms with E-state index in [1.54, 1.807) is 0 Å². The first-order valence-electron chi connectivity index (χ1n) is 4.30. The maximum Gasteiger partial charge on any atom is 0.328 e. The third-order valence-corrected chi connectivity index (χ3v) is 3.80. The minimum atomic E-state index is -0.560. The highest BCUT2D eigenvalue weighted by atomic mass is 79.9. The average molecular weight is 322 g/mol. The Labute approximate surface area is 108 Å². The average Bonchev–Trinajstić information content (AvgIpc) is 2.60. The summed E-state index contributed by atoms with van der Waals surface area (Å²) in [6.45, 7) is 0.394. The fourth-order valence-corrected chi connectivity index (χ4v) is 2.85. The van der Waals surface area contributed by atoms with Crippen LogP contribution in [0.4, 0.5) is 0 Å². The number of hydrogen-bond acceptors (Lipinski definition) is 3. The number of aromatic amines is 1. The first kappa shape index (κ1) is 11.6. The van der Waals surface area contributed by atoms with E-state index in [4.69, 9.17) is 11.6 Å². The second-order valence-electron chi connectivity index (χ2n) is 3.07. The molecule has 0 fully saturated rings. The van der Waals surface area contributed by atoms with E-state index in [0.717, 1.165) is 8.66 Å². The molecule has 0 saturated heterocycles. The van der Waals surface area contributed by atoms with E-state index in [1.165, 1.54) is 22.1 Å². The lowest BCUT2D eigenvalue weighted by Crippen LogP contribution is -2.29. The van der Waals surface area contributed by atoms with Crippen LogP contribution in [0.25, 0.3) is 0 Å². The number of nitrogens with zero attached hydrogens (tertiary/aromatic N) is 1. The zero-order valence-corrected chi connectivity index (χ0v) is 11.0. The van der Waals surface area contributed by atoms with Crippen molar-refractivity contribution in [3.05, 3.63) is 52.9 Å². The third-order valence-electron chi connectivity index (χ3n) is 1.92. The van der Waals surface area contributed by atoms with Gasteiger partial charge in [-0.2, -0.15) is 0 Å². The van der Waals surface area contributed by atoms with Crippen LogP contribution in [-0.2, 0) is 6.54 Å². The van der Waals surface area contributed by atoms with Crippen LogP contribution in [0.5, 0.6) is 0 Å². The molecule has 1 N–H and O–H groups in total. The minimum Gasteiger partial charge on any atom is -0.294 e. The summed E-state index contributed by atoms with van der Waals surface area (Å²) in [5, 5.41) is 0.00946. The number of H-pyrrole nitrogens is 1. The molecule has 7 heteroatoms. The van der Waals surface area contributed by atoms with Gasteiger partial charge in [0, 0.05) is 11.1 Å². The van der Waals surface area contributed by atoms with E-state index >= 15 is 0 Å². The Kier molecular flexibility index (Phi) is 3.32. The molecule has 0 amide bonds. The molecule has 0 aromatic carbocycles. The molecule has 0 spiro atoms. The van der Waals surface area contributed by atoms with Crippen molar-refractivity contribution in [2.75, 3.05) is 0 Å². The van der Waals surface area contributed by atoms with Gasteiger partial charge in [0.25, 0.3) is 5.56 Å². The first-order valence-corrected chi connectivity index (χ1v) is 6.28. The van der Waals surface area contributed by atoms with E-state index in [0.29, 0.717) is 6.54 Å². The van der Waals surface area contributed by atoms with E-state index < -0.39 is 11.2 Å². The van der Waals surface area contributed by atoms with Gasteiger partial charge in [0.2, 0.25) is 0 Å². The standard InChI is InChI=1S/C9H6BrClN2O2S/c10-7-2-1-5(16-7)3-13-4-6(11)8(14)12-9(13)15/h1-2,4H,3H2,(H,12,14,15). The second-order valence-corrected chi connectivity index (χ2v) is 6.02. The molecule has 0 saturated carbocycles. The van der Waals surface area contributed by atoms with Crippen molar-refractivity contribution < 1.29 is 0 Å². The van der Waals surface area contributed by atoms with Gasteiger partial charge in [-0.25, -0.2) is 4.79 Å². The van der Waals surface area contributed by atoms with E-state index in [9.17, 15) is 9.59 Å². The maximum absolute atomic E-state index is 11.4. The van der Waals surface area contributed by atoms with Crippen LogP contribution in [0.3, 0.4) is 0 Å². The summed E-state index contributed by atoms with van der Waals surface area (Å²) in [6.07, 6.45) is 1.34. The van der Waals surface area contributed by atoms with Crippen LogP contribution >= 0.6 is 38.9 Å². The molecular weight excluding hydrogens is 316 g/mol. The second kappa shape index (κ2) is 4.57. The third kappa shape index (κ3) is 2.45. The molecule has 4 nitrogen and oxygen atoms in total. The number of nitrogens with one attached hydrogen (secondary N) is 1. The van der Waals surface area contributed by atoms with Gasteiger partial charge in [0.05, 0.1) is 10.3 Å². The lowest BCUT2D eigenvalue weighted by atomic mass is 10.4. The highest BCUT2D eigenvalue weighted by Gasteiger charge is 2.04. The fraction of sp³-hybridized carbons (Fsp3) is 0.111. The molecule has 2 aromatic rings. The molecule has 2 aromatic heterocycles. The lowest BCUT2D eigenvalue weighted by molar-refractivity contribution is 0.729. The molecule has 0 aliphatic heterocycles. The van der Waals surface area contributed by atoms with Crippen molar-refractivity contribution >= 4 is 38.9 Å². The number of halogens is 2. The van der Waals surface area contributed by atoms with Crippen molar-refractivity contribution in [3.63, 3.8) is 0 Å². The van der Waals surface area contributed by atoms with Gasteiger partial charge in [-0.15, -0.1) is 11.3 Å². The van der Waals surface area contributed by atoms with Crippen LogP contribution < -0.4 is 11.2 Å². The van der Waals surface area contributed by atoms with Crippen LogP contribution in [-0.4, -0.2) is 9.55 Å². The van der Waals surface area contributed by atoms with Gasteiger partial charge in [0.1, 0.15) is 5.02 Å².